The minimum absolute atomic E-state index is 0.0432. The molecule has 1 unspecified atom stereocenters. The first-order valence-electron chi connectivity index (χ1n) is 9.51. The minimum atomic E-state index is -0.111. The number of aryl methyl sites for hydroxylation is 1. The maximum Gasteiger partial charge on any atom is 0.253 e. The Morgan fingerprint density at radius 3 is 2.76 bits per heavy atom. The van der Waals surface area contributed by atoms with Crippen LogP contribution < -0.4 is 15.1 Å². The molecule has 0 aromatic carbocycles. The number of anilines is 2. The van der Waals surface area contributed by atoms with Crippen molar-refractivity contribution in [2.24, 2.45) is 7.05 Å². The largest absolute Gasteiger partial charge is 0.363 e. The van der Waals surface area contributed by atoms with E-state index in [1.165, 1.54) is 0 Å². The molecule has 0 radical (unpaired) electrons. The standard InChI is InChI=1S/C20H24N8O/c1-26(2)18-5-4-14(10-22-18)19(29)24-16-7-9-28(13-16)20-21-8-6-17(25-20)15-11-23-27(3)12-15/h4-6,8,10-12,16H,7,9,13H2,1-3H3,(H,24,29). The van der Waals surface area contributed by atoms with E-state index in [1.807, 2.05) is 44.4 Å². The third-order valence-electron chi connectivity index (χ3n) is 4.92. The van der Waals surface area contributed by atoms with Crippen LogP contribution in [-0.4, -0.2) is 63.9 Å². The van der Waals surface area contributed by atoms with Crippen molar-refractivity contribution in [2.75, 3.05) is 37.0 Å². The van der Waals surface area contributed by atoms with Gasteiger partial charge in [-0.1, -0.05) is 0 Å². The first kappa shape index (κ1) is 18.9. The van der Waals surface area contributed by atoms with E-state index in [0.29, 0.717) is 18.1 Å². The summed E-state index contributed by atoms with van der Waals surface area (Å²) in [5.41, 5.74) is 2.35. The zero-order valence-electron chi connectivity index (χ0n) is 16.8. The fraction of sp³-hybridized carbons (Fsp3) is 0.350. The number of hydrogen-bond donors (Lipinski definition) is 1. The van der Waals surface area contributed by atoms with Crippen molar-refractivity contribution < 1.29 is 4.79 Å². The zero-order valence-corrected chi connectivity index (χ0v) is 16.8. The van der Waals surface area contributed by atoms with Gasteiger partial charge in [-0.25, -0.2) is 15.0 Å². The Labute approximate surface area is 169 Å². The summed E-state index contributed by atoms with van der Waals surface area (Å²) in [5.74, 6) is 1.37. The lowest BCUT2D eigenvalue weighted by molar-refractivity contribution is 0.0940. The van der Waals surface area contributed by atoms with Crippen LogP contribution in [0, 0.1) is 0 Å². The first-order valence-corrected chi connectivity index (χ1v) is 9.51. The van der Waals surface area contributed by atoms with Crippen LogP contribution in [0.15, 0.2) is 43.0 Å². The highest BCUT2D eigenvalue weighted by atomic mass is 16.1. The van der Waals surface area contributed by atoms with Crippen molar-refractivity contribution in [1.82, 2.24) is 30.0 Å². The molecule has 9 heteroatoms. The van der Waals surface area contributed by atoms with Gasteiger partial charge < -0.3 is 15.1 Å². The van der Waals surface area contributed by atoms with Gasteiger partial charge >= 0.3 is 0 Å². The molecule has 1 aliphatic rings. The second-order valence-corrected chi connectivity index (χ2v) is 7.35. The molecule has 0 saturated carbocycles. The van der Waals surface area contributed by atoms with Gasteiger partial charge in [-0.2, -0.15) is 5.10 Å². The molecule has 4 rings (SSSR count). The molecular weight excluding hydrogens is 368 g/mol. The molecule has 1 fully saturated rings. The van der Waals surface area contributed by atoms with E-state index >= 15 is 0 Å². The summed E-state index contributed by atoms with van der Waals surface area (Å²) in [6, 6.07) is 5.56. The van der Waals surface area contributed by atoms with Gasteiger partial charge in [0.25, 0.3) is 5.91 Å². The average molecular weight is 392 g/mol. The Hall–Kier alpha value is -3.49. The molecule has 3 aromatic heterocycles. The molecule has 1 atom stereocenters. The molecule has 4 heterocycles. The minimum Gasteiger partial charge on any atom is -0.363 e. The monoisotopic (exact) mass is 392 g/mol. The molecule has 1 amide bonds. The van der Waals surface area contributed by atoms with Gasteiger partial charge in [0.2, 0.25) is 5.95 Å². The van der Waals surface area contributed by atoms with Gasteiger partial charge in [-0.15, -0.1) is 0 Å². The maximum absolute atomic E-state index is 12.5. The van der Waals surface area contributed by atoms with Crippen LogP contribution in [-0.2, 0) is 7.05 Å². The Balaban J connectivity index is 1.39. The van der Waals surface area contributed by atoms with E-state index < -0.39 is 0 Å². The van der Waals surface area contributed by atoms with E-state index in [4.69, 9.17) is 0 Å². The van der Waals surface area contributed by atoms with E-state index in [-0.39, 0.29) is 11.9 Å². The van der Waals surface area contributed by atoms with E-state index in [9.17, 15) is 4.79 Å². The Bertz CT molecular complexity index is 998. The Morgan fingerprint density at radius 1 is 1.21 bits per heavy atom. The van der Waals surface area contributed by atoms with Crippen molar-refractivity contribution in [3.63, 3.8) is 0 Å². The van der Waals surface area contributed by atoms with Crippen LogP contribution >= 0.6 is 0 Å². The van der Waals surface area contributed by atoms with Crippen LogP contribution in [0.3, 0.4) is 0 Å². The summed E-state index contributed by atoms with van der Waals surface area (Å²) in [5, 5.41) is 7.29. The van der Waals surface area contributed by atoms with E-state index in [1.54, 1.807) is 29.3 Å². The van der Waals surface area contributed by atoms with Gasteiger partial charge in [-0.3, -0.25) is 9.48 Å². The lowest BCUT2D eigenvalue weighted by Crippen LogP contribution is -2.37. The number of amides is 1. The third kappa shape index (κ3) is 4.18. The quantitative estimate of drug-likeness (QED) is 0.701. The highest BCUT2D eigenvalue weighted by Crippen LogP contribution is 2.21. The summed E-state index contributed by atoms with van der Waals surface area (Å²) in [6.45, 7) is 1.46. The molecule has 1 aliphatic heterocycles. The molecule has 1 saturated heterocycles. The fourth-order valence-corrected chi connectivity index (χ4v) is 3.33. The Kier molecular flexibility index (Phi) is 5.11. The fourth-order valence-electron chi connectivity index (χ4n) is 3.33. The van der Waals surface area contributed by atoms with Gasteiger partial charge in [0.15, 0.2) is 0 Å². The van der Waals surface area contributed by atoms with Crippen molar-refractivity contribution in [2.45, 2.75) is 12.5 Å². The zero-order chi connectivity index (χ0) is 20.4. The molecule has 1 N–H and O–H groups in total. The van der Waals surface area contributed by atoms with Crippen molar-refractivity contribution in [1.29, 1.82) is 0 Å². The number of hydrogen-bond acceptors (Lipinski definition) is 7. The molecule has 0 aliphatic carbocycles. The van der Waals surface area contributed by atoms with Crippen molar-refractivity contribution in [3.8, 4) is 11.3 Å². The number of aromatic nitrogens is 5. The summed E-state index contributed by atoms with van der Waals surface area (Å²) < 4.78 is 1.75. The maximum atomic E-state index is 12.5. The smallest absolute Gasteiger partial charge is 0.253 e. The van der Waals surface area contributed by atoms with Gasteiger partial charge in [0.05, 0.1) is 17.5 Å². The van der Waals surface area contributed by atoms with E-state index in [2.05, 4.69) is 30.3 Å². The second kappa shape index (κ2) is 7.86. The van der Waals surface area contributed by atoms with Crippen LogP contribution in [0.5, 0.6) is 0 Å². The molecule has 150 valence electrons. The average Bonchev–Trinajstić information content (AvgIpc) is 3.37. The highest BCUT2D eigenvalue weighted by Gasteiger charge is 2.26. The van der Waals surface area contributed by atoms with Crippen LogP contribution in [0.25, 0.3) is 11.3 Å². The van der Waals surface area contributed by atoms with Gasteiger partial charge in [0, 0.05) is 64.4 Å². The number of nitrogens with zero attached hydrogens (tertiary/aromatic N) is 7. The Morgan fingerprint density at radius 2 is 2.07 bits per heavy atom. The molecule has 0 bridgehead atoms. The van der Waals surface area contributed by atoms with Crippen LogP contribution in [0.1, 0.15) is 16.8 Å². The summed E-state index contributed by atoms with van der Waals surface area (Å²) >= 11 is 0. The number of carbonyl (C=O) groups excluding carboxylic acids is 1. The number of carbonyl (C=O) groups is 1. The van der Waals surface area contributed by atoms with Crippen LogP contribution in [0.2, 0.25) is 0 Å². The molecular formula is C20H24N8O. The van der Waals surface area contributed by atoms with Crippen LogP contribution in [0.4, 0.5) is 11.8 Å². The second-order valence-electron chi connectivity index (χ2n) is 7.35. The van der Waals surface area contributed by atoms with Crippen molar-refractivity contribution in [3.05, 3.63) is 48.5 Å². The lowest BCUT2D eigenvalue weighted by Gasteiger charge is -2.17. The predicted molar refractivity (Wildman–Crippen MR) is 111 cm³/mol. The topological polar surface area (TPSA) is 92.1 Å². The number of rotatable bonds is 5. The van der Waals surface area contributed by atoms with E-state index in [0.717, 1.165) is 30.0 Å². The summed E-state index contributed by atoms with van der Waals surface area (Å²) in [7, 11) is 5.71. The lowest BCUT2D eigenvalue weighted by atomic mass is 10.2. The summed E-state index contributed by atoms with van der Waals surface area (Å²) in [4.78, 5) is 29.9. The summed E-state index contributed by atoms with van der Waals surface area (Å²) in [6.07, 6.45) is 7.92. The molecule has 29 heavy (non-hydrogen) atoms. The molecule has 3 aromatic rings. The third-order valence-corrected chi connectivity index (χ3v) is 4.92. The molecule has 9 nitrogen and oxygen atoms in total. The number of nitrogens with one attached hydrogen (secondary N) is 1. The predicted octanol–water partition coefficient (Wildman–Crippen LogP) is 1.35. The number of pyridine rings is 1. The van der Waals surface area contributed by atoms with Crippen molar-refractivity contribution >= 4 is 17.7 Å². The normalized spacial score (nSPS) is 16.1. The van der Waals surface area contributed by atoms with Gasteiger partial charge in [-0.05, 0) is 24.6 Å². The highest BCUT2D eigenvalue weighted by molar-refractivity contribution is 5.94. The SMILES string of the molecule is CN(C)c1ccc(C(=O)NC2CCN(c3nccc(-c4cnn(C)c4)n3)C2)cn1. The van der Waals surface area contributed by atoms with Gasteiger partial charge in [0.1, 0.15) is 5.82 Å². The molecule has 0 spiro atoms. The first-order chi connectivity index (χ1) is 14.0.